The summed E-state index contributed by atoms with van der Waals surface area (Å²) in [5.41, 5.74) is 6.43. The van der Waals surface area contributed by atoms with Crippen molar-refractivity contribution in [3.8, 4) is 0 Å². The van der Waals surface area contributed by atoms with Crippen LogP contribution in [0.4, 0.5) is 10.1 Å². The number of nitrogens with zero attached hydrogens (tertiary/aromatic N) is 1. The van der Waals surface area contributed by atoms with E-state index in [1.165, 1.54) is 6.07 Å². The first-order valence-electron chi connectivity index (χ1n) is 6.79. The molecular formula is C15H24FN3O. The Kier molecular flexibility index (Phi) is 5.51. The second-order valence-corrected chi connectivity index (χ2v) is 5.87. The molecular weight excluding hydrogens is 257 g/mol. The molecule has 20 heavy (non-hydrogen) atoms. The number of hydrogen-bond acceptors (Lipinski definition) is 3. The molecule has 0 bridgehead atoms. The molecule has 3 N–H and O–H groups in total. The van der Waals surface area contributed by atoms with Gasteiger partial charge >= 0.3 is 0 Å². The number of likely N-dealkylation sites (N-methyl/N-ethyl adjacent to an activating group) is 1. The van der Waals surface area contributed by atoms with Gasteiger partial charge in [0.1, 0.15) is 5.82 Å². The van der Waals surface area contributed by atoms with Gasteiger partial charge in [0.25, 0.3) is 0 Å². The van der Waals surface area contributed by atoms with Crippen LogP contribution < -0.4 is 16.0 Å². The van der Waals surface area contributed by atoms with Crippen molar-refractivity contribution in [2.24, 2.45) is 5.73 Å². The number of primary amides is 1. The number of carbonyl (C=O) groups excluding carboxylic acids is 1. The zero-order valence-corrected chi connectivity index (χ0v) is 12.7. The maximum atomic E-state index is 14.1. The molecule has 0 unspecified atom stereocenters. The van der Waals surface area contributed by atoms with E-state index < -0.39 is 5.91 Å². The summed E-state index contributed by atoms with van der Waals surface area (Å²) in [5, 5.41) is 3.31. The molecule has 0 aliphatic rings. The van der Waals surface area contributed by atoms with Crippen LogP contribution in [-0.2, 0) is 11.3 Å². The van der Waals surface area contributed by atoms with Crippen molar-refractivity contribution in [3.05, 3.63) is 29.6 Å². The molecule has 4 nitrogen and oxygen atoms in total. The summed E-state index contributed by atoms with van der Waals surface area (Å²) in [7, 11) is 0. The summed E-state index contributed by atoms with van der Waals surface area (Å²) in [5.74, 6) is -0.800. The highest BCUT2D eigenvalue weighted by Gasteiger charge is 2.14. The first-order valence-corrected chi connectivity index (χ1v) is 6.79. The van der Waals surface area contributed by atoms with Crippen LogP contribution in [-0.4, -0.2) is 24.5 Å². The molecule has 1 amide bonds. The van der Waals surface area contributed by atoms with Gasteiger partial charge in [0.2, 0.25) is 5.91 Å². The predicted molar refractivity (Wildman–Crippen MR) is 80.1 cm³/mol. The molecule has 1 aromatic rings. The van der Waals surface area contributed by atoms with Crippen molar-refractivity contribution in [2.45, 2.75) is 39.8 Å². The van der Waals surface area contributed by atoms with Gasteiger partial charge in [0.15, 0.2) is 0 Å². The van der Waals surface area contributed by atoms with E-state index in [1.807, 2.05) is 13.0 Å². The smallest absolute Gasteiger partial charge is 0.236 e. The Bertz CT molecular complexity index is 469. The second kappa shape index (κ2) is 6.70. The van der Waals surface area contributed by atoms with Gasteiger partial charge in [0, 0.05) is 18.6 Å². The molecule has 0 spiro atoms. The Morgan fingerprint density at radius 1 is 1.40 bits per heavy atom. The highest BCUT2D eigenvalue weighted by molar-refractivity contribution is 5.79. The molecule has 5 heteroatoms. The van der Waals surface area contributed by atoms with E-state index >= 15 is 0 Å². The van der Waals surface area contributed by atoms with Gasteiger partial charge in [-0.15, -0.1) is 0 Å². The van der Waals surface area contributed by atoms with E-state index in [0.29, 0.717) is 18.8 Å². The summed E-state index contributed by atoms with van der Waals surface area (Å²) in [4.78, 5) is 12.6. The van der Waals surface area contributed by atoms with E-state index in [-0.39, 0.29) is 17.9 Å². The number of hydrogen-bond donors (Lipinski definition) is 2. The third-order valence-electron chi connectivity index (χ3n) is 2.90. The molecule has 0 saturated carbocycles. The average Bonchev–Trinajstić information content (AvgIpc) is 2.33. The summed E-state index contributed by atoms with van der Waals surface area (Å²) in [6.45, 7) is 9.18. The highest BCUT2D eigenvalue weighted by Crippen LogP contribution is 2.20. The Balaban J connectivity index is 2.84. The van der Waals surface area contributed by atoms with Crippen molar-refractivity contribution in [3.63, 3.8) is 0 Å². The van der Waals surface area contributed by atoms with Gasteiger partial charge in [-0.1, -0.05) is 6.07 Å². The third-order valence-corrected chi connectivity index (χ3v) is 2.90. The van der Waals surface area contributed by atoms with Gasteiger partial charge in [-0.2, -0.15) is 0 Å². The number of nitrogens with one attached hydrogen (secondary N) is 1. The Hall–Kier alpha value is -1.62. The zero-order valence-electron chi connectivity index (χ0n) is 12.7. The lowest BCUT2D eigenvalue weighted by atomic mass is 10.1. The van der Waals surface area contributed by atoms with Crippen LogP contribution in [0.3, 0.4) is 0 Å². The average molecular weight is 281 g/mol. The molecule has 0 radical (unpaired) electrons. The number of rotatable bonds is 6. The maximum Gasteiger partial charge on any atom is 0.236 e. The number of amides is 1. The molecule has 1 aromatic carbocycles. The Morgan fingerprint density at radius 2 is 2.05 bits per heavy atom. The van der Waals surface area contributed by atoms with E-state index in [2.05, 4.69) is 26.1 Å². The quantitative estimate of drug-likeness (QED) is 0.839. The molecule has 0 aliphatic carbocycles. The first-order chi connectivity index (χ1) is 9.23. The van der Waals surface area contributed by atoms with Gasteiger partial charge in [-0.3, -0.25) is 4.79 Å². The summed E-state index contributed by atoms with van der Waals surface area (Å²) < 4.78 is 14.1. The van der Waals surface area contributed by atoms with Crippen molar-refractivity contribution in [2.75, 3.05) is 18.0 Å². The number of carbonyl (C=O) groups is 1. The molecule has 1 rings (SSSR count). The van der Waals surface area contributed by atoms with Gasteiger partial charge in [-0.05, 0) is 45.4 Å². The lowest BCUT2D eigenvalue weighted by Crippen LogP contribution is -2.35. The Morgan fingerprint density at radius 3 is 2.50 bits per heavy atom. The van der Waals surface area contributed by atoms with Crippen molar-refractivity contribution < 1.29 is 9.18 Å². The highest BCUT2D eigenvalue weighted by atomic mass is 19.1. The predicted octanol–water partition coefficient (Wildman–Crippen LogP) is 2.03. The molecule has 0 saturated heterocycles. The van der Waals surface area contributed by atoms with E-state index in [0.717, 1.165) is 5.56 Å². The van der Waals surface area contributed by atoms with Crippen molar-refractivity contribution in [1.29, 1.82) is 0 Å². The molecule has 112 valence electrons. The van der Waals surface area contributed by atoms with Gasteiger partial charge < -0.3 is 16.0 Å². The summed E-state index contributed by atoms with van der Waals surface area (Å²) >= 11 is 0. The summed E-state index contributed by atoms with van der Waals surface area (Å²) in [6.07, 6.45) is 0. The number of anilines is 1. The topological polar surface area (TPSA) is 58.4 Å². The van der Waals surface area contributed by atoms with E-state index in [1.54, 1.807) is 11.0 Å². The summed E-state index contributed by atoms with van der Waals surface area (Å²) in [6, 6.07) is 5.06. The monoisotopic (exact) mass is 281 g/mol. The molecule has 0 atom stereocenters. The lowest BCUT2D eigenvalue weighted by Gasteiger charge is -2.23. The first kappa shape index (κ1) is 16.4. The molecule has 0 fully saturated rings. The van der Waals surface area contributed by atoms with Gasteiger partial charge in [-0.25, -0.2) is 4.39 Å². The third kappa shape index (κ3) is 5.17. The fourth-order valence-electron chi connectivity index (χ4n) is 1.84. The molecule has 0 aliphatic heterocycles. The van der Waals surface area contributed by atoms with Crippen LogP contribution in [0.2, 0.25) is 0 Å². The standard InChI is InChI=1S/C15H24FN3O/c1-5-19(10-14(17)20)13-7-6-11(8-12(13)16)9-18-15(2,3)4/h6-8,18H,5,9-10H2,1-4H3,(H2,17,20). The van der Waals surface area contributed by atoms with Crippen LogP contribution in [0.25, 0.3) is 0 Å². The molecule has 0 aromatic heterocycles. The maximum absolute atomic E-state index is 14.1. The number of nitrogens with two attached hydrogens (primary N) is 1. The largest absolute Gasteiger partial charge is 0.368 e. The van der Waals surface area contributed by atoms with Crippen LogP contribution >= 0.6 is 0 Å². The van der Waals surface area contributed by atoms with E-state index in [9.17, 15) is 9.18 Å². The normalized spacial score (nSPS) is 11.4. The number of halogens is 1. The molecule has 0 heterocycles. The van der Waals surface area contributed by atoms with Crippen LogP contribution in [0.15, 0.2) is 18.2 Å². The second-order valence-electron chi connectivity index (χ2n) is 5.87. The fraction of sp³-hybridized carbons (Fsp3) is 0.533. The van der Waals surface area contributed by atoms with Crippen LogP contribution in [0, 0.1) is 5.82 Å². The van der Waals surface area contributed by atoms with Crippen LogP contribution in [0.5, 0.6) is 0 Å². The van der Waals surface area contributed by atoms with Crippen molar-refractivity contribution >= 4 is 11.6 Å². The minimum Gasteiger partial charge on any atom is -0.368 e. The van der Waals surface area contributed by atoms with Crippen LogP contribution in [0.1, 0.15) is 33.3 Å². The van der Waals surface area contributed by atoms with Gasteiger partial charge in [0.05, 0.1) is 12.2 Å². The zero-order chi connectivity index (χ0) is 15.3. The Labute approximate surface area is 120 Å². The minimum absolute atomic E-state index is 0.0173. The van der Waals surface area contributed by atoms with Crippen molar-refractivity contribution in [1.82, 2.24) is 5.32 Å². The SMILES string of the molecule is CCN(CC(N)=O)c1ccc(CNC(C)(C)C)cc1F. The van der Waals surface area contributed by atoms with E-state index in [4.69, 9.17) is 5.73 Å². The fourth-order valence-corrected chi connectivity index (χ4v) is 1.84. The minimum atomic E-state index is -0.468. The number of benzene rings is 1. The lowest BCUT2D eigenvalue weighted by molar-refractivity contribution is -0.116.